The van der Waals surface area contributed by atoms with Gasteiger partial charge in [0.2, 0.25) is 21.8 Å². The zero-order valence-corrected chi connectivity index (χ0v) is 20.1. The minimum atomic E-state index is -4.01. The number of para-hydroxylation sites is 1. The number of rotatable bonds is 9. The summed E-state index contributed by atoms with van der Waals surface area (Å²) in [5.74, 6) is -1.89. The Bertz CT molecular complexity index is 1100. The van der Waals surface area contributed by atoms with Gasteiger partial charge in [0, 0.05) is 13.6 Å². The number of hydrogen-bond acceptors (Lipinski definition) is 4. The van der Waals surface area contributed by atoms with E-state index in [1.165, 1.54) is 30.1 Å². The minimum Gasteiger partial charge on any atom is -0.357 e. The van der Waals surface area contributed by atoms with E-state index in [1.807, 2.05) is 0 Å². The van der Waals surface area contributed by atoms with Crippen molar-refractivity contribution in [1.29, 1.82) is 0 Å². The first-order valence-corrected chi connectivity index (χ1v) is 12.3. The first-order valence-electron chi connectivity index (χ1n) is 9.66. The number of sulfonamides is 1. The Hall–Kier alpha value is -2.36. The van der Waals surface area contributed by atoms with E-state index in [1.54, 1.807) is 25.1 Å². The van der Waals surface area contributed by atoms with Crippen LogP contribution in [0.3, 0.4) is 0 Å². The number of nitrogens with zero attached hydrogens (tertiary/aromatic N) is 2. The van der Waals surface area contributed by atoms with Crippen molar-refractivity contribution in [2.24, 2.45) is 0 Å². The van der Waals surface area contributed by atoms with Crippen LogP contribution in [0.4, 0.5) is 10.1 Å². The number of nitrogens with one attached hydrogen (secondary N) is 1. The van der Waals surface area contributed by atoms with Crippen molar-refractivity contribution < 1.29 is 22.4 Å². The number of amides is 2. The second-order valence-corrected chi connectivity index (χ2v) is 9.75. The average molecular weight is 504 g/mol. The lowest BCUT2D eigenvalue weighted by molar-refractivity contribution is -0.140. The van der Waals surface area contributed by atoms with Gasteiger partial charge in [0.1, 0.15) is 18.4 Å². The number of halogens is 3. The molecule has 0 radical (unpaired) electrons. The number of likely N-dealkylation sites (N-methyl/N-ethyl adjacent to an activating group) is 1. The molecule has 174 valence electrons. The highest BCUT2D eigenvalue weighted by molar-refractivity contribution is 7.92. The number of hydrogen-bond donors (Lipinski definition) is 1. The first kappa shape index (κ1) is 25.9. The topological polar surface area (TPSA) is 86.8 Å². The van der Waals surface area contributed by atoms with Crippen LogP contribution in [-0.4, -0.2) is 51.0 Å². The van der Waals surface area contributed by atoms with E-state index >= 15 is 0 Å². The van der Waals surface area contributed by atoms with Gasteiger partial charge in [-0.05, 0) is 36.2 Å². The lowest BCUT2D eigenvalue weighted by atomic mass is 10.1. The largest absolute Gasteiger partial charge is 0.357 e. The van der Waals surface area contributed by atoms with Gasteiger partial charge >= 0.3 is 0 Å². The molecule has 0 aliphatic rings. The van der Waals surface area contributed by atoms with E-state index < -0.39 is 40.2 Å². The molecule has 1 N–H and O–H groups in total. The molecule has 0 heterocycles. The third kappa shape index (κ3) is 6.34. The van der Waals surface area contributed by atoms with Crippen molar-refractivity contribution >= 4 is 50.7 Å². The molecule has 32 heavy (non-hydrogen) atoms. The van der Waals surface area contributed by atoms with E-state index in [4.69, 9.17) is 23.2 Å². The maximum Gasteiger partial charge on any atom is 0.244 e. The van der Waals surface area contributed by atoms with Gasteiger partial charge in [0.25, 0.3) is 0 Å². The molecule has 7 nitrogen and oxygen atoms in total. The van der Waals surface area contributed by atoms with Crippen molar-refractivity contribution in [3.05, 3.63) is 63.9 Å². The van der Waals surface area contributed by atoms with E-state index in [0.29, 0.717) is 14.9 Å². The minimum absolute atomic E-state index is 0.0312. The lowest BCUT2D eigenvalue weighted by Crippen LogP contribution is -2.51. The summed E-state index contributed by atoms with van der Waals surface area (Å²) >= 11 is 12.0. The molecular weight excluding hydrogens is 480 g/mol. The van der Waals surface area contributed by atoms with Gasteiger partial charge in [-0.15, -0.1) is 0 Å². The molecule has 2 aromatic rings. The molecule has 0 aliphatic carbocycles. The monoisotopic (exact) mass is 503 g/mol. The fraction of sp³-hybridized carbons (Fsp3) is 0.333. The Morgan fingerprint density at radius 2 is 1.78 bits per heavy atom. The Morgan fingerprint density at radius 1 is 1.12 bits per heavy atom. The molecule has 0 unspecified atom stereocenters. The molecular formula is C21H24Cl2FN3O4S. The van der Waals surface area contributed by atoms with Crippen LogP contribution in [0, 0.1) is 5.82 Å². The average Bonchev–Trinajstić information content (AvgIpc) is 2.73. The number of benzene rings is 2. The first-order chi connectivity index (χ1) is 15.0. The summed E-state index contributed by atoms with van der Waals surface area (Å²) in [4.78, 5) is 27.0. The summed E-state index contributed by atoms with van der Waals surface area (Å²) in [5, 5.41) is 3.11. The quantitative estimate of drug-likeness (QED) is 0.567. The zero-order valence-electron chi connectivity index (χ0n) is 17.8. The van der Waals surface area contributed by atoms with Gasteiger partial charge in [-0.25, -0.2) is 12.8 Å². The molecule has 2 aromatic carbocycles. The fourth-order valence-electron chi connectivity index (χ4n) is 3.17. The number of anilines is 1. The van der Waals surface area contributed by atoms with Crippen LogP contribution in [0.1, 0.15) is 18.9 Å². The molecule has 0 aliphatic heterocycles. The van der Waals surface area contributed by atoms with Gasteiger partial charge < -0.3 is 10.2 Å². The van der Waals surface area contributed by atoms with Crippen LogP contribution in [0.15, 0.2) is 42.5 Å². The lowest BCUT2D eigenvalue weighted by Gasteiger charge is -2.32. The highest BCUT2D eigenvalue weighted by atomic mass is 35.5. The summed E-state index contributed by atoms with van der Waals surface area (Å²) < 4.78 is 39.8. The Morgan fingerprint density at radius 3 is 2.31 bits per heavy atom. The van der Waals surface area contributed by atoms with Gasteiger partial charge in [0.15, 0.2) is 0 Å². The van der Waals surface area contributed by atoms with Crippen LogP contribution in [0.5, 0.6) is 0 Å². The van der Waals surface area contributed by atoms with E-state index in [0.717, 1.165) is 12.3 Å². The SMILES string of the molecule is CC[C@@H](C(=O)NC)N(Cc1ccc(Cl)c(Cl)c1)C(=O)CN(c1ccccc1F)S(C)(=O)=O. The molecule has 2 rings (SSSR count). The molecule has 0 aromatic heterocycles. The van der Waals surface area contributed by atoms with E-state index in [2.05, 4.69) is 5.32 Å². The molecule has 1 atom stereocenters. The molecule has 0 fully saturated rings. The molecule has 11 heteroatoms. The summed E-state index contributed by atoms with van der Waals surface area (Å²) in [7, 11) is -2.57. The predicted octanol–water partition coefficient (Wildman–Crippen LogP) is 3.45. The third-order valence-corrected chi connectivity index (χ3v) is 6.64. The normalized spacial score (nSPS) is 12.2. The van der Waals surface area contributed by atoms with Gasteiger partial charge in [0.05, 0.1) is 22.0 Å². The van der Waals surface area contributed by atoms with Gasteiger partial charge in [-0.1, -0.05) is 48.3 Å². The van der Waals surface area contributed by atoms with Crippen molar-refractivity contribution in [2.75, 3.05) is 24.2 Å². The van der Waals surface area contributed by atoms with Crippen molar-refractivity contribution in [2.45, 2.75) is 25.9 Å². The van der Waals surface area contributed by atoms with Crippen molar-refractivity contribution in [3.63, 3.8) is 0 Å². The van der Waals surface area contributed by atoms with E-state index in [-0.39, 0.29) is 23.7 Å². The van der Waals surface area contributed by atoms with Crippen LogP contribution in [0.25, 0.3) is 0 Å². The standard InChI is InChI=1S/C21H24Cl2FN3O4S/c1-4-18(21(29)25-2)26(12-14-9-10-15(22)16(23)11-14)20(28)13-27(32(3,30)31)19-8-6-5-7-17(19)24/h5-11,18H,4,12-13H2,1-3H3,(H,25,29)/t18-/m0/s1. The predicted molar refractivity (Wildman–Crippen MR) is 124 cm³/mol. The maximum absolute atomic E-state index is 14.3. The van der Waals surface area contributed by atoms with Crippen LogP contribution in [0.2, 0.25) is 10.0 Å². The van der Waals surface area contributed by atoms with Crippen LogP contribution in [-0.2, 0) is 26.2 Å². The zero-order chi connectivity index (χ0) is 24.1. The third-order valence-electron chi connectivity index (χ3n) is 4.77. The second kappa shape index (κ2) is 11.0. The number of carbonyl (C=O) groups is 2. The summed E-state index contributed by atoms with van der Waals surface area (Å²) in [6.45, 7) is 1.01. The summed E-state index contributed by atoms with van der Waals surface area (Å²) in [6, 6.07) is 9.13. The Kier molecular flexibility index (Phi) is 8.89. The molecule has 0 spiro atoms. The smallest absolute Gasteiger partial charge is 0.244 e. The summed E-state index contributed by atoms with van der Waals surface area (Å²) in [6.07, 6.45) is 1.15. The molecule has 0 bridgehead atoms. The van der Waals surface area contributed by atoms with Crippen molar-refractivity contribution in [1.82, 2.24) is 10.2 Å². The highest BCUT2D eigenvalue weighted by Crippen LogP contribution is 2.25. The van der Waals surface area contributed by atoms with Crippen LogP contribution < -0.4 is 9.62 Å². The highest BCUT2D eigenvalue weighted by Gasteiger charge is 2.32. The van der Waals surface area contributed by atoms with Gasteiger partial charge in [-0.2, -0.15) is 0 Å². The maximum atomic E-state index is 14.3. The number of carbonyl (C=O) groups excluding carboxylic acids is 2. The van der Waals surface area contributed by atoms with Gasteiger partial charge in [-0.3, -0.25) is 13.9 Å². The van der Waals surface area contributed by atoms with Crippen LogP contribution >= 0.6 is 23.2 Å². The summed E-state index contributed by atoms with van der Waals surface area (Å²) in [5.41, 5.74) is 0.331. The molecule has 0 saturated carbocycles. The molecule has 2 amide bonds. The Balaban J connectivity index is 2.46. The Labute approximate surface area is 197 Å². The fourth-order valence-corrected chi connectivity index (χ4v) is 4.34. The van der Waals surface area contributed by atoms with E-state index in [9.17, 15) is 22.4 Å². The second-order valence-electron chi connectivity index (χ2n) is 7.03. The van der Waals surface area contributed by atoms with Crippen molar-refractivity contribution in [3.8, 4) is 0 Å². The molecule has 0 saturated heterocycles.